The Balaban J connectivity index is 1.33. The number of carbonyl (C=O) groups is 1. The number of piperidine rings is 1. The highest BCUT2D eigenvalue weighted by Gasteiger charge is 2.46. The van der Waals surface area contributed by atoms with Crippen LogP contribution in [0.3, 0.4) is 0 Å². The van der Waals surface area contributed by atoms with Gasteiger partial charge in [0.15, 0.2) is 0 Å². The Morgan fingerprint density at radius 3 is 2.57 bits per heavy atom. The van der Waals surface area contributed by atoms with Crippen LogP contribution in [-0.4, -0.2) is 86.6 Å². The van der Waals surface area contributed by atoms with Gasteiger partial charge in [-0.15, -0.1) is 0 Å². The number of hydrogen-bond acceptors (Lipinski definition) is 5. The Morgan fingerprint density at radius 1 is 1.07 bits per heavy atom. The maximum atomic E-state index is 13.4. The lowest BCUT2D eigenvalue weighted by Crippen LogP contribution is -2.61. The van der Waals surface area contributed by atoms with Gasteiger partial charge in [0.2, 0.25) is 5.91 Å². The molecule has 0 aliphatic carbocycles. The summed E-state index contributed by atoms with van der Waals surface area (Å²) in [5.41, 5.74) is -0.609. The second-order valence-corrected chi connectivity index (χ2v) is 9.87. The quantitative estimate of drug-likeness (QED) is 0.732. The Labute approximate surface area is 169 Å². The zero-order valence-corrected chi connectivity index (χ0v) is 17.8. The van der Waals surface area contributed by atoms with Crippen LogP contribution in [0.4, 0.5) is 0 Å². The van der Waals surface area contributed by atoms with Crippen molar-refractivity contribution >= 4 is 5.91 Å². The zero-order valence-electron chi connectivity index (χ0n) is 17.8. The van der Waals surface area contributed by atoms with E-state index in [0.717, 1.165) is 78.1 Å². The molecule has 0 bridgehead atoms. The molecule has 6 heteroatoms. The first-order valence-corrected chi connectivity index (χ1v) is 11.3. The van der Waals surface area contributed by atoms with Gasteiger partial charge in [-0.1, -0.05) is 0 Å². The summed E-state index contributed by atoms with van der Waals surface area (Å²) in [5, 5.41) is 0. The molecular formula is C22H38N2O4. The second-order valence-electron chi connectivity index (χ2n) is 9.87. The van der Waals surface area contributed by atoms with Gasteiger partial charge in [0.05, 0.1) is 30.3 Å². The number of carbonyl (C=O) groups excluding carboxylic acids is 1. The van der Waals surface area contributed by atoms with E-state index in [1.807, 2.05) is 0 Å². The van der Waals surface area contributed by atoms with Gasteiger partial charge in [0, 0.05) is 45.9 Å². The fourth-order valence-corrected chi connectivity index (χ4v) is 5.41. The van der Waals surface area contributed by atoms with Gasteiger partial charge in [-0.2, -0.15) is 0 Å². The van der Waals surface area contributed by atoms with E-state index in [-0.39, 0.29) is 17.6 Å². The summed E-state index contributed by atoms with van der Waals surface area (Å²) in [7, 11) is 0. The van der Waals surface area contributed by atoms with Crippen LogP contribution in [0, 0.1) is 11.3 Å². The molecule has 0 saturated carbocycles. The van der Waals surface area contributed by atoms with Crippen LogP contribution < -0.4 is 0 Å². The van der Waals surface area contributed by atoms with Crippen molar-refractivity contribution in [2.24, 2.45) is 11.3 Å². The lowest BCUT2D eigenvalue weighted by atomic mass is 9.80. The molecule has 2 unspecified atom stereocenters. The summed E-state index contributed by atoms with van der Waals surface area (Å²) < 4.78 is 17.8. The average Bonchev–Trinajstić information content (AvgIpc) is 3.23. The van der Waals surface area contributed by atoms with E-state index >= 15 is 0 Å². The minimum absolute atomic E-state index is 0.0445. The standard InChI is InChI=1S/C22H38N2O4/c1-21(2,19-5-3-4-12-27-19)20(25)24-11-14-28-22(17-24)7-9-23(10-8-22)15-18-6-13-26-16-18/h18-19H,3-17H2,1-2H3. The molecule has 160 valence electrons. The van der Waals surface area contributed by atoms with Gasteiger partial charge in [0.25, 0.3) is 0 Å². The minimum atomic E-state index is -0.456. The predicted octanol–water partition coefficient (Wildman–Crippen LogP) is 2.31. The molecule has 28 heavy (non-hydrogen) atoms. The molecule has 6 nitrogen and oxygen atoms in total. The van der Waals surface area contributed by atoms with E-state index in [1.54, 1.807) is 0 Å². The highest BCUT2D eigenvalue weighted by Crippen LogP contribution is 2.36. The summed E-state index contributed by atoms with van der Waals surface area (Å²) in [6, 6.07) is 0. The van der Waals surface area contributed by atoms with Crippen molar-refractivity contribution in [3.8, 4) is 0 Å². The third-order valence-corrected chi connectivity index (χ3v) is 7.38. The molecule has 0 radical (unpaired) electrons. The molecule has 4 aliphatic heterocycles. The van der Waals surface area contributed by atoms with Crippen LogP contribution in [0.25, 0.3) is 0 Å². The van der Waals surface area contributed by atoms with Crippen molar-refractivity contribution < 1.29 is 19.0 Å². The van der Waals surface area contributed by atoms with E-state index in [9.17, 15) is 4.79 Å². The van der Waals surface area contributed by atoms with E-state index < -0.39 is 5.41 Å². The maximum absolute atomic E-state index is 13.4. The summed E-state index contributed by atoms with van der Waals surface area (Å²) in [5.74, 6) is 0.934. The molecular weight excluding hydrogens is 356 g/mol. The summed E-state index contributed by atoms with van der Waals surface area (Å²) in [6.45, 7) is 12.1. The van der Waals surface area contributed by atoms with E-state index in [2.05, 4.69) is 23.6 Å². The highest BCUT2D eigenvalue weighted by atomic mass is 16.5. The van der Waals surface area contributed by atoms with Gasteiger partial charge in [-0.25, -0.2) is 0 Å². The second kappa shape index (κ2) is 8.58. The molecule has 0 aromatic rings. The number of rotatable bonds is 4. The smallest absolute Gasteiger partial charge is 0.231 e. The summed E-state index contributed by atoms with van der Waals surface area (Å²) in [4.78, 5) is 18.0. The van der Waals surface area contributed by atoms with Crippen LogP contribution >= 0.6 is 0 Å². The Morgan fingerprint density at radius 2 is 1.89 bits per heavy atom. The molecule has 4 saturated heterocycles. The fourth-order valence-electron chi connectivity index (χ4n) is 5.41. The Bertz CT molecular complexity index is 533. The largest absolute Gasteiger partial charge is 0.381 e. The van der Waals surface area contributed by atoms with Crippen molar-refractivity contribution in [3.63, 3.8) is 0 Å². The predicted molar refractivity (Wildman–Crippen MR) is 107 cm³/mol. The Kier molecular flexibility index (Phi) is 6.31. The topological polar surface area (TPSA) is 51.2 Å². The van der Waals surface area contributed by atoms with Gasteiger partial charge >= 0.3 is 0 Å². The van der Waals surface area contributed by atoms with Crippen LogP contribution in [0.2, 0.25) is 0 Å². The number of hydrogen-bond donors (Lipinski definition) is 0. The molecule has 1 spiro atoms. The van der Waals surface area contributed by atoms with Gasteiger partial charge in [0.1, 0.15) is 0 Å². The summed E-state index contributed by atoms with van der Waals surface area (Å²) in [6.07, 6.45) is 6.55. The number of amides is 1. The molecule has 4 aliphatic rings. The highest BCUT2D eigenvalue weighted by molar-refractivity contribution is 5.83. The maximum Gasteiger partial charge on any atom is 0.231 e. The first-order chi connectivity index (χ1) is 13.5. The van der Waals surface area contributed by atoms with Gasteiger partial charge in [-0.05, 0) is 58.3 Å². The van der Waals surface area contributed by atoms with E-state index in [1.165, 1.54) is 6.42 Å². The molecule has 0 aromatic carbocycles. The molecule has 2 atom stereocenters. The normalized spacial score (nSPS) is 32.0. The van der Waals surface area contributed by atoms with Crippen LogP contribution in [0.1, 0.15) is 52.4 Å². The third-order valence-electron chi connectivity index (χ3n) is 7.38. The van der Waals surface area contributed by atoms with Gasteiger partial charge in [-0.3, -0.25) is 4.79 Å². The Hall–Kier alpha value is -0.690. The number of morpholine rings is 1. The molecule has 0 N–H and O–H groups in total. The fraction of sp³-hybridized carbons (Fsp3) is 0.955. The first kappa shape index (κ1) is 20.6. The van der Waals surface area contributed by atoms with E-state index in [4.69, 9.17) is 14.2 Å². The SMILES string of the molecule is CC(C)(C(=O)N1CCOC2(CCN(CC3CCOC3)CC2)C1)C1CCCCO1. The van der Waals surface area contributed by atoms with Crippen LogP contribution in [0.15, 0.2) is 0 Å². The average molecular weight is 395 g/mol. The molecule has 4 fully saturated rings. The number of nitrogens with zero attached hydrogens (tertiary/aromatic N) is 2. The van der Waals surface area contributed by atoms with Crippen LogP contribution in [0.5, 0.6) is 0 Å². The zero-order chi connectivity index (χ0) is 19.6. The van der Waals surface area contributed by atoms with Crippen molar-refractivity contribution in [2.75, 3.05) is 59.2 Å². The molecule has 0 aromatic heterocycles. The van der Waals surface area contributed by atoms with Crippen molar-refractivity contribution in [1.82, 2.24) is 9.80 Å². The lowest BCUT2D eigenvalue weighted by molar-refractivity contribution is -0.174. The molecule has 1 amide bonds. The van der Waals surface area contributed by atoms with Crippen LogP contribution in [-0.2, 0) is 19.0 Å². The number of ether oxygens (including phenoxy) is 3. The van der Waals surface area contributed by atoms with Crippen molar-refractivity contribution in [3.05, 3.63) is 0 Å². The molecule has 4 heterocycles. The van der Waals surface area contributed by atoms with Gasteiger partial charge < -0.3 is 24.0 Å². The van der Waals surface area contributed by atoms with E-state index in [0.29, 0.717) is 19.1 Å². The summed E-state index contributed by atoms with van der Waals surface area (Å²) >= 11 is 0. The number of likely N-dealkylation sites (tertiary alicyclic amines) is 1. The lowest BCUT2D eigenvalue weighted by Gasteiger charge is -2.49. The minimum Gasteiger partial charge on any atom is -0.381 e. The third kappa shape index (κ3) is 4.40. The molecule has 4 rings (SSSR count). The van der Waals surface area contributed by atoms with Crippen molar-refractivity contribution in [1.29, 1.82) is 0 Å². The van der Waals surface area contributed by atoms with Crippen molar-refractivity contribution in [2.45, 2.75) is 64.1 Å². The first-order valence-electron chi connectivity index (χ1n) is 11.3. The monoisotopic (exact) mass is 394 g/mol.